The molecule has 1 unspecified atom stereocenters. The summed E-state index contributed by atoms with van der Waals surface area (Å²) < 4.78 is 0. The molecule has 272 valence electrons. The number of ketones is 3. The molecule has 11 nitrogen and oxygen atoms in total. The molecule has 0 saturated heterocycles. The summed E-state index contributed by atoms with van der Waals surface area (Å²) in [6, 6.07) is 7.77. The molecule has 2 amide bonds. The lowest BCUT2D eigenvalue weighted by molar-refractivity contribution is -0.168. The zero-order valence-electron chi connectivity index (χ0n) is 29.7. The van der Waals surface area contributed by atoms with E-state index in [4.69, 9.17) is 5.11 Å². The van der Waals surface area contributed by atoms with E-state index in [1.807, 2.05) is 33.8 Å². The van der Waals surface area contributed by atoms with E-state index in [-0.39, 0.29) is 60.4 Å². The highest BCUT2D eigenvalue weighted by Crippen LogP contribution is 2.66. The van der Waals surface area contributed by atoms with Crippen LogP contribution in [-0.2, 0) is 24.0 Å². The Balaban J connectivity index is 0.000000226. The normalized spacial score (nSPS) is 30.0. The molecule has 4 aliphatic carbocycles. The first-order valence-electron chi connectivity index (χ1n) is 17.9. The van der Waals surface area contributed by atoms with Crippen LogP contribution >= 0.6 is 0 Å². The van der Waals surface area contributed by atoms with Crippen LogP contribution in [0.2, 0.25) is 0 Å². The average Bonchev–Trinajstić information content (AvgIpc) is 3.36. The molecule has 7 atom stereocenters. The monoisotopic (exact) mass is 692 g/mol. The van der Waals surface area contributed by atoms with Crippen molar-refractivity contribution < 1.29 is 44.1 Å². The number of Topliss-reactive ketones (excluding diaryl/α,β-unsaturated/α-hetero) is 2. The van der Waals surface area contributed by atoms with Crippen molar-refractivity contribution in [3.05, 3.63) is 59.7 Å². The van der Waals surface area contributed by atoms with Crippen LogP contribution in [-0.4, -0.2) is 86.7 Å². The van der Waals surface area contributed by atoms with Gasteiger partial charge in [0.15, 0.2) is 11.6 Å². The minimum absolute atomic E-state index is 0.0206. The van der Waals surface area contributed by atoms with Crippen molar-refractivity contribution in [1.82, 2.24) is 10.2 Å². The first kappa shape index (κ1) is 38.8. The van der Waals surface area contributed by atoms with E-state index in [1.54, 1.807) is 47.4 Å². The predicted molar refractivity (Wildman–Crippen MR) is 186 cm³/mol. The van der Waals surface area contributed by atoms with E-state index >= 15 is 0 Å². The number of carbonyl (C=O) groups excluding carboxylic acids is 5. The fraction of sp³-hybridized carbons (Fsp3) is 0.590. The molecule has 0 aliphatic heterocycles. The number of fused-ring (bicyclic) bond motifs is 5. The third-order valence-electron chi connectivity index (χ3n) is 11.6. The summed E-state index contributed by atoms with van der Waals surface area (Å²) in [6.07, 6.45) is 9.35. The maximum absolute atomic E-state index is 13.3. The van der Waals surface area contributed by atoms with Gasteiger partial charge < -0.3 is 25.5 Å². The number of aliphatic hydroxyl groups is 2. The third kappa shape index (κ3) is 7.54. The van der Waals surface area contributed by atoms with Crippen molar-refractivity contribution in [3.8, 4) is 0 Å². The molecule has 0 bridgehead atoms. The van der Waals surface area contributed by atoms with Gasteiger partial charge >= 0.3 is 5.97 Å². The Bertz CT molecular complexity index is 1530. The minimum Gasteiger partial charge on any atom is -0.481 e. The van der Waals surface area contributed by atoms with Crippen molar-refractivity contribution in [2.24, 2.45) is 28.6 Å². The number of allylic oxidation sites excluding steroid dienone is 4. The number of rotatable bonds is 12. The number of aliphatic carboxylic acids is 1. The zero-order valence-corrected chi connectivity index (χ0v) is 29.7. The number of carboxylic acid groups (broad SMARTS) is 1. The van der Waals surface area contributed by atoms with Crippen molar-refractivity contribution in [2.45, 2.75) is 97.1 Å². The lowest BCUT2D eigenvalue weighted by atomic mass is 9.46. The Kier molecular flexibility index (Phi) is 12.4. The molecular formula is C39H52N2O9. The van der Waals surface area contributed by atoms with Gasteiger partial charge in [-0.1, -0.05) is 57.5 Å². The number of hydrogen-bond acceptors (Lipinski definition) is 8. The zero-order chi connectivity index (χ0) is 36.9. The molecule has 1 aromatic carbocycles. The summed E-state index contributed by atoms with van der Waals surface area (Å²) in [4.78, 5) is 75.0. The standard InChI is InChI=1S/C21H26O5.C18H26N2O4/c1-19-7-5-13(23)9-12(19)3-4-14-15-6-8-21(26,17(25)11-22)20(15,2)10-16(24)18(14)19;1-3-12-20(13-4-2)18(24)15(10-11-16(21)22)19-17(23)14-8-6-5-7-9-14/h5,7,9,14-15,18,22,26H,3-4,6,8,10-11H2,1-2H3;5-9,15H,3-4,10-13H2,1-2H3,(H,19,23)(H,21,22)/t14-,15-,18+,19-,20-,21-;/m0./s1. The quantitative estimate of drug-likeness (QED) is 0.251. The second kappa shape index (κ2) is 15.9. The molecule has 0 aromatic heterocycles. The van der Waals surface area contributed by atoms with Gasteiger partial charge in [-0.15, -0.1) is 0 Å². The Morgan fingerprint density at radius 2 is 1.68 bits per heavy atom. The highest BCUT2D eigenvalue weighted by atomic mass is 16.4. The Hall–Kier alpha value is -3.96. The minimum atomic E-state index is -1.62. The first-order valence-corrected chi connectivity index (χ1v) is 17.9. The number of hydrogen-bond donors (Lipinski definition) is 4. The van der Waals surface area contributed by atoms with Crippen LogP contribution in [0.3, 0.4) is 0 Å². The van der Waals surface area contributed by atoms with E-state index in [2.05, 4.69) is 5.32 Å². The summed E-state index contributed by atoms with van der Waals surface area (Å²) in [6.45, 7) is 8.33. The van der Waals surface area contributed by atoms with Gasteiger partial charge in [-0.2, -0.15) is 0 Å². The topological polar surface area (TPSA) is 178 Å². The van der Waals surface area contributed by atoms with Crippen molar-refractivity contribution >= 4 is 35.1 Å². The van der Waals surface area contributed by atoms with Gasteiger partial charge in [0, 0.05) is 48.2 Å². The van der Waals surface area contributed by atoms with Gasteiger partial charge in [0.2, 0.25) is 5.91 Å². The summed E-state index contributed by atoms with van der Waals surface area (Å²) in [5.74, 6) is -2.16. The van der Waals surface area contributed by atoms with Crippen LogP contribution in [0.4, 0.5) is 0 Å². The molecule has 0 spiro atoms. The maximum atomic E-state index is 13.3. The summed E-state index contributed by atoms with van der Waals surface area (Å²) in [5, 5.41) is 32.1. The van der Waals surface area contributed by atoms with Crippen LogP contribution in [0.1, 0.15) is 95.8 Å². The molecule has 5 rings (SSSR count). The molecule has 3 fully saturated rings. The number of benzene rings is 1. The Morgan fingerprint density at radius 1 is 1.02 bits per heavy atom. The van der Waals surface area contributed by atoms with Crippen molar-refractivity contribution in [1.29, 1.82) is 0 Å². The lowest BCUT2D eigenvalue weighted by Crippen LogP contribution is -2.60. The SMILES string of the molecule is CCCN(CCC)C(=O)C(CCC(=O)O)NC(=O)c1ccccc1.C[C@]12C=CC(=O)C=C1CC[C@@H]1[C@@H]2C(=O)C[C@@]2(C)[C@H]1CC[C@]2(O)C(=O)CO. The van der Waals surface area contributed by atoms with Gasteiger partial charge in [-0.25, -0.2) is 0 Å². The van der Waals surface area contributed by atoms with Crippen molar-refractivity contribution in [2.75, 3.05) is 19.7 Å². The lowest BCUT2D eigenvalue weighted by Gasteiger charge is -2.56. The molecule has 4 N–H and O–H groups in total. The number of nitrogens with zero attached hydrogens (tertiary/aromatic N) is 1. The van der Waals surface area contributed by atoms with E-state index in [0.717, 1.165) is 31.3 Å². The Morgan fingerprint density at radius 3 is 2.28 bits per heavy atom. The van der Waals surface area contributed by atoms with Gasteiger partial charge in [-0.3, -0.25) is 28.8 Å². The van der Waals surface area contributed by atoms with E-state index < -0.39 is 40.8 Å². The van der Waals surface area contributed by atoms with Crippen LogP contribution in [0.5, 0.6) is 0 Å². The Labute approximate surface area is 294 Å². The molecule has 1 aromatic rings. The van der Waals surface area contributed by atoms with Crippen LogP contribution in [0, 0.1) is 28.6 Å². The summed E-state index contributed by atoms with van der Waals surface area (Å²) >= 11 is 0. The number of carbonyl (C=O) groups is 6. The highest BCUT2D eigenvalue weighted by molar-refractivity contribution is 6.02. The molecular weight excluding hydrogens is 640 g/mol. The van der Waals surface area contributed by atoms with Gasteiger partial charge in [0.25, 0.3) is 5.91 Å². The second-order valence-corrected chi connectivity index (χ2v) is 14.7. The number of carboxylic acids is 1. The molecule has 0 heterocycles. The van der Waals surface area contributed by atoms with Crippen LogP contribution in [0.25, 0.3) is 0 Å². The van der Waals surface area contributed by atoms with Gasteiger partial charge in [-0.05, 0) is 81.1 Å². The van der Waals surface area contributed by atoms with Crippen LogP contribution in [0.15, 0.2) is 54.1 Å². The molecule has 11 heteroatoms. The van der Waals surface area contributed by atoms with Crippen molar-refractivity contribution in [3.63, 3.8) is 0 Å². The fourth-order valence-electron chi connectivity index (χ4n) is 9.07. The molecule has 0 radical (unpaired) electrons. The first-order chi connectivity index (χ1) is 23.7. The average molecular weight is 693 g/mol. The second-order valence-electron chi connectivity index (χ2n) is 14.7. The van der Waals surface area contributed by atoms with E-state index in [9.17, 15) is 39.0 Å². The fourth-order valence-corrected chi connectivity index (χ4v) is 9.07. The number of nitrogens with one attached hydrogen (secondary N) is 1. The van der Waals surface area contributed by atoms with E-state index in [0.29, 0.717) is 31.5 Å². The predicted octanol–water partition coefficient (Wildman–Crippen LogP) is 4.06. The summed E-state index contributed by atoms with van der Waals surface area (Å²) in [7, 11) is 0. The largest absolute Gasteiger partial charge is 0.481 e. The smallest absolute Gasteiger partial charge is 0.303 e. The van der Waals surface area contributed by atoms with E-state index in [1.165, 1.54) is 0 Å². The molecule has 50 heavy (non-hydrogen) atoms. The molecule has 4 aliphatic rings. The molecule has 3 saturated carbocycles. The van der Waals surface area contributed by atoms with Gasteiger partial charge in [0.05, 0.1) is 0 Å². The number of amides is 2. The highest BCUT2D eigenvalue weighted by Gasteiger charge is 2.68. The van der Waals surface area contributed by atoms with Gasteiger partial charge in [0.1, 0.15) is 24.0 Å². The number of aliphatic hydroxyl groups excluding tert-OH is 1. The van der Waals surface area contributed by atoms with Crippen LogP contribution < -0.4 is 5.32 Å². The third-order valence-corrected chi connectivity index (χ3v) is 11.6. The maximum Gasteiger partial charge on any atom is 0.303 e. The summed E-state index contributed by atoms with van der Waals surface area (Å²) in [5.41, 5.74) is -1.41.